The number of aryl methyl sites for hydroxylation is 1. The van der Waals surface area contributed by atoms with Gasteiger partial charge in [0.25, 0.3) is 0 Å². The number of aromatic nitrogens is 2. The van der Waals surface area contributed by atoms with Gasteiger partial charge in [0.15, 0.2) is 5.69 Å². The number of hydrogen-bond acceptors (Lipinski definition) is 7. The van der Waals surface area contributed by atoms with Gasteiger partial charge in [0.2, 0.25) is 10.0 Å². The highest BCUT2D eigenvalue weighted by atomic mass is 32.2. The van der Waals surface area contributed by atoms with E-state index in [9.17, 15) is 26.4 Å². The standard InChI is InChI=1S/C23H38O4.C17H14F3N3O2S/c1-2-3-4-5-6-7-8-9-10-11-12-13-14-15-16-17-18-19-23(26)27-22(20-24)21-25;1-11-2-4-12(5-3-11)15-10-16(17(18,19)20)22-23(15)13-6-8-14(9-7-13)26(21,24)25/h6-7,9-10,12-13,15-16,22,24-25H,2-5,8,11,14,17-21H2,1H3;2-10H,1H3,(H2,21,24,25)/b7-6-,10-9-,13-12-,16-15-;. The lowest BCUT2D eigenvalue weighted by Crippen LogP contribution is -2.25. The van der Waals surface area contributed by atoms with Crippen molar-refractivity contribution < 1.29 is 41.3 Å². The molecule has 0 amide bonds. The molecule has 2 aromatic carbocycles. The van der Waals surface area contributed by atoms with Crippen molar-refractivity contribution in [2.45, 2.75) is 95.2 Å². The van der Waals surface area contributed by atoms with Gasteiger partial charge >= 0.3 is 12.1 Å². The summed E-state index contributed by atoms with van der Waals surface area (Å²) >= 11 is 0. The number of unbranched alkanes of at least 4 members (excludes halogenated alkanes) is 4. The Morgan fingerprint density at radius 2 is 1.38 bits per heavy atom. The first-order chi connectivity index (χ1) is 25.3. The van der Waals surface area contributed by atoms with Gasteiger partial charge in [-0.1, -0.05) is 98.2 Å². The van der Waals surface area contributed by atoms with Crippen molar-refractivity contribution in [2.75, 3.05) is 13.2 Å². The van der Waals surface area contributed by atoms with Crippen molar-refractivity contribution in [2.24, 2.45) is 5.14 Å². The number of rotatable bonds is 20. The number of halogens is 3. The third kappa shape index (κ3) is 17.9. The van der Waals surface area contributed by atoms with Crippen LogP contribution in [0.15, 0.2) is 108 Å². The summed E-state index contributed by atoms with van der Waals surface area (Å²) in [6.45, 7) is 3.40. The first kappa shape index (κ1) is 44.9. The van der Waals surface area contributed by atoms with Crippen molar-refractivity contribution in [3.63, 3.8) is 0 Å². The summed E-state index contributed by atoms with van der Waals surface area (Å²) < 4.78 is 68.1. The van der Waals surface area contributed by atoms with Crippen LogP contribution in [0.4, 0.5) is 13.2 Å². The summed E-state index contributed by atoms with van der Waals surface area (Å²) in [4.78, 5) is 11.3. The van der Waals surface area contributed by atoms with Crippen molar-refractivity contribution in [1.82, 2.24) is 9.78 Å². The molecule has 0 aliphatic rings. The molecule has 0 fully saturated rings. The van der Waals surface area contributed by atoms with Crippen molar-refractivity contribution in [1.29, 1.82) is 0 Å². The highest BCUT2D eigenvalue weighted by Gasteiger charge is 2.35. The quantitative estimate of drug-likeness (QED) is 0.0595. The molecule has 0 aliphatic heterocycles. The Morgan fingerprint density at radius 3 is 1.87 bits per heavy atom. The number of primary sulfonamides is 1. The molecule has 0 atom stereocenters. The molecule has 13 heteroatoms. The molecule has 1 aromatic heterocycles. The normalized spacial score (nSPS) is 12.4. The summed E-state index contributed by atoms with van der Waals surface area (Å²) in [5.74, 6) is -0.376. The van der Waals surface area contributed by atoms with Crippen LogP contribution in [0.1, 0.15) is 82.4 Å². The van der Waals surface area contributed by atoms with Crippen LogP contribution in [0.2, 0.25) is 0 Å². The lowest BCUT2D eigenvalue weighted by Gasteiger charge is -2.11. The van der Waals surface area contributed by atoms with Gasteiger partial charge in [0.1, 0.15) is 6.10 Å². The Balaban J connectivity index is 0.000000367. The number of allylic oxidation sites excluding steroid dienone is 8. The molecule has 0 radical (unpaired) electrons. The predicted octanol–water partition coefficient (Wildman–Crippen LogP) is 8.54. The SMILES string of the molecule is CCCCC/C=C\C/C=C\C/C=C\C/C=C\CCCC(=O)OC(CO)CO.Cc1ccc(-c2cc(C(F)(F)F)nn2-c2ccc(S(N)(=O)=O)cc2)cc1. The lowest BCUT2D eigenvalue weighted by molar-refractivity contribution is -0.153. The van der Waals surface area contributed by atoms with E-state index in [4.69, 9.17) is 20.1 Å². The van der Waals surface area contributed by atoms with Crippen molar-refractivity contribution >= 4 is 16.0 Å². The van der Waals surface area contributed by atoms with E-state index in [0.29, 0.717) is 18.4 Å². The first-order valence-corrected chi connectivity index (χ1v) is 19.2. The number of ether oxygens (including phenoxy) is 1. The second-order valence-corrected chi connectivity index (χ2v) is 13.7. The number of hydrogen-bond donors (Lipinski definition) is 3. The molecule has 0 unspecified atom stereocenters. The maximum Gasteiger partial charge on any atom is 0.435 e. The van der Waals surface area contributed by atoms with Crippen molar-refractivity contribution in [3.8, 4) is 16.9 Å². The summed E-state index contributed by atoms with van der Waals surface area (Å²) in [6.07, 6.45) is 21.7. The molecule has 53 heavy (non-hydrogen) atoms. The van der Waals surface area contributed by atoms with E-state index in [2.05, 4.69) is 60.6 Å². The number of aliphatic hydroxyl groups excluding tert-OH is 2. The number of esters is 1. The highest BCUT2D eigenvalue weighted by molar-refractivity contribution is 7.89. The fourth-order valence-electron chi connectivity index (χ4n) is 4.73. The molecular formula is C40H52F3N3O6S. The van der Waals surface area contributed by atoms with Crippen LogP contribution in [0, 0.1) is 6.92 Å². The zero-order valence-corrected chi connectivity index (χ0v) is 31.2. The zero-order valence-electron chi connectivity index (χ0n) is 30.4. The third-order valence-electron chi connectivity index (χ3n) is 7.67. The smallest absolute Gasteiger partial charge is 0.435 e. The molecule has 3 aromatic rings. The number of alkyl halides is 3. The Labute approximate surface area is 311 Å². The van der Waals surface area contributed by atoms with Crippen LogP contribution in [0.3, 0.4) is 0 Å². The highest BCUT2D eigenvalue weighted by Crippen LogP contribution is 2.33. The van der Waals surface area contributed by atoms with E-state index in [1.165, 1.54) is 49.9 Å². The van der Waals surface area contributed by atoms with Gasteiger partial charge in [-0.2, -0.15) is 18.3 Å². The van der Waals surface area contributed by atoms with Gasteiger partial charge in [0.05, 0.1) is 29.5 Å². The number of nitrogens with two attached hydrogens (primary N) is 1. The number of carbonyl (C=O) groups excluding carboxylic acids is 1. The minimum Gasteiger partial charge on any atom is -0.457 e. The van der Waals surface area contributed by atoms with Crippen LogP contribution in [0.5, 0.6) is 0 Å². The topological polar surface area (TPSA) is 145 Å². The van der Waals surface area contributed by atoms with E-state index in [1.807, 2.05) is 6.92 Å². The second-order valence-electron chi connectivity index (χ2n) is 12.2. The fraction of sp³-hybridized carbons (Fsp3) is 0.400. The molecule has 0 saturated heterocycles. The van der Waals surface area contributed by atoms with Crippen LogP contribution in [0.25, 0.3) is 16.9 Å². The molecule has 0 bridgehead atoms. The van der Waals surface area contributed by atoms with Gasteiger partial charge in [-0.3, -0.25) is 4.79 Å². The maximum atomic E-state index is 13.1. The predicted molar refractivity (Wildman–Crippen MR) is 203 cm³/mol. The molecule has 290 valence electrons. The van der Waals surface area contributed by atoms with E-state index < -0.39 is 28.0 Å². The summed E-state index contributed by atoms with van der Waals surface area (Å²) in [5, 5.41) is 26.4. The maximum absolute atomic E-state index is 13.1. The lowest BCUT2D eigenvalue weighted by atomic mass is 10.1. The molecular weight excluding hydrogens is 708 g/mol. The number of nitrogens with zero attached hydrogens (tertiary/aromatic N) is 2. The van der Waals surface area contributed by atoms with Gasteiger partial charge in [0, 0.05) is 12.0 Å². The number of carbonyl (C=O) groups is 1. The third-order valence-corrected chi connectivity index (χ3v) is 8.60. The summed E-state index contributed by atoms with van der Waals surface area (Å²) in [7, 11) is -3.90. The first-order valence-electron chi connectivity index (χ1n) is 17.7. The Bertz CT molecular complexity index is 1730. The van der Waals surface area contributed by atoms with E-state index in [1.54, 1.807) is 24.3 Å². The van der Waals surface area contributed by atoms with Crippen LogP contribution in [-0.2, 0) is 25.7 Å². The number of sulfonamides is 1. The van der Waals surface area contributed by atoms with E-state index in [0.717, 1.165) is 42.0 Å². The van der Waals surface area contributed by atoms with Gasteiger partial charge in [-0.05, 0) is 82.2 Å². The molecule has 0 aliphatic carbocycles. The number of benzene rings is 2. The van der Waals surface area contributed by atoms with Gasteiger partial charge in [-0.15, -0.1) is 0 Å². The second kappa shape index (κ2) is 24.1. The molecule has 4 N–H and O–H groups in total. The molecule has 1 heterocycles. The van der Waals surface area contributed by atoms with E-state index >= 15 is 0 Å². The molecule has 0 spiro atoms. The minimum absolute atomic E-state index is 0.138. The summed E-state index contributed by atoms with van der Waals surface area (Å²) in [5.41, 5.74) is 0.996. The fourth-order valence-corrected chi connectivity index (χ4v) is 5.24. The largest absolute Gasteiger partial charge is 0.457 e. The molecule has 0 saturated carbocycles. The van der Waals surface area contributed by atoms with E-state index in [-0.39, 0.29) is 35.5 Å². The molecule has 3 rings (SSSR count). The number of aliphatic hydroxyl groups is 2. The van der Waals surface area contributed by atoms with Crippen molar-refractivity contribution in [3.05, 3.63) is 114 Å². The average Bonchev–Trinajstić information content (AvgIpc) is 3.59. The Morgan fingerprint density at radius 1 is 0.849 bits per heavy atom. The minimum atomic E-state index is -4.61. The Hall–Kier alpha value is -4.30. The average molecular weight is 760 g/mol. The summed E-state index contributed by atoms with van der Waals surface area (Å²) in [6, 6.07) is 13.1. The van der Waals surface area contributed by atoms with Gasteiger partial charge < -0.3 is 14.9 Å². The zero-order chi connectivity index (χ0) is 39.1. The van der Waals surface area contributed by atoms with Crippen LogP contribution < -0.4 is 5.14 Å². The molecule has 9 nitrogen and oxygen atoms in total. The van der Waals surface area contributed by atoms with Gasteiger partial charge in [-0.25, -0.2) is 18.2 Å². The monoisotopic (exact) mass is 759 g/mol. The van der Waals surface area contributed by atoms with Crippen LogP contribution in [-0.4, -0.2) is 53.7 Å². The Kier molecular flexibility index (Phi) is 20.4. The van der Waals surface area contributed by atoms with Crippen LogP contribution >= 0.6 is 0 Å².